The first kappa shape index (κ1) is 13.4. The number of phenols is 1. The molecule has 0 atom stereocenters. The molecule has 0 unspecified atom stereocenters. The lowest BCUT2D eigenvalue weighted by atomic mass is 10.0. The van der Waals surface area contributed by atoms with Crippen molar-refractivity contribution < 1.29 is 9.90 Å². The summed E-state index contributed by atoms with van der Waals surface area (Å²) in [5.41, 5.74) is 2.19. The van der Waals surface area contributed by atoms with Crippen LogP contribution in [0.15, 0.2) is 54.6 Å². The van der Waals surface area contributed by atoms with Gasteiger partial charge in [0.05, 0.1) is 0 Å². The van der Waals surface area contributed by atoms with E-state index in [0.29, 0.717) is 17.0 Å². The van der Waals surface area contributed by atoms with Crippen LogP contribution in [0.25, 0.3) is 5.57 Å². The Morgan fingerprint density at radius 3 is 2.42 bits per heavy atom. The zero-order valence-electron chi connectivity index (χ0n) is 10.2. The molecule has 0 aliphatic heterocycles. The van der Waals surface area contributed by atoms with Crippen molar-refractivity contribution in [2.24, 2.45) is 0 Å². The summed E-state index contributed by atoms with van der Waals surface area (Å²) in [6.45, 7) is 0. The van der Waals surface area contributed by atoms with Crippen LogP contribution >= 0.6 is 11.6 Å². The Morgan fingerprint density at radius 2 is 1.79 bits per heavy atom. The van der Waals surface area contributed by atoms with Crippen LogP contribution in [0.1, 0.15) is 11.1 Å². The minimum absolute atomic E-state index is 0.236. The first-order valence-electron chi connectivity index (χ1n) is 5.89. The summed E-state index contributed by atoms with van der Waals surface area (Å²) in [7, 11) is 0. The summed E-state index contributed by atoms with van der Waals surface area (Å²) in [6.07, 6.45) is 3.11. The van der Waals surface area contributed by atoms with Gasteiger partial charge in [-0.1, -0.05) is 48.0 Å². The number of carbonyl (C=O) groups is 1. The highest BCUT2D eigenvalue weighted by molar-refractivity contribution is 6.30. The average Bonchev–Trinajstić information content (AvgIpc) is 2.43. The van der Waals surface area contributed by atoms with E-state index in [0.717, 1.165) is 17.4 Å². The summed E-state index contributed by atoms with van der Waals surface area (Å²) < 4.78 is 0. The molecule has 1 N–H and O–H groups in total. The molecule has 0 aromatic heterocycles. The van der Waals surface area contributed by atoms with E-state index in [9.17, 15) is 9.90 Å². The summed E-state index contributed by atoms with van der Waals surface area (Å²) in [5, 5.41) is 10.3. The van der Waals surface area contributed by atoms with E-state index in [4.69, 9.17) is 11.6 Å². The predicted octanol–water partition coefficient (Wildman–Crippen LogP) is 3.87. The molecular formula is C16H13ClO2. The molecule has 2 aromatic rings. The lowest BCUT2D eigenvalue weighted by Crippen LogP contribution is -1.89. The summed E-state index contributed by atoms with van der Waals surface area (Å²) in [5.74, 6) is 0.236. The Hall–Kier alpha value is -2.06. The fraction of sp³-hybridized carbons (Fsp3) is 0.0625. The van der Waals surface area contributed by atoms with Crippen molar-refractivity contribution in [1.29, 1.82) is 0 Å². The van der Waals surface area contributed by atoms with Crippen molar-refractivity contribution in [3.05, 3.63) is 70.8 Å². The number of halogens is 1. The van der Waals surface area contributed by atoms with Gasteiger partial charge in [0.1, 0.15) is 12.0 Å². The van der Waals surface area contributed by atoms with E-state index in [1.54, 1.807) is 42.5 Å². The highest BCUT2D eigenvalue weighted by atomic mass is 35.5. The van der Waals surface area contributed by atoms with E-state index in [1.165, 1.54) is 0 Å². The third-order valence-electron chi connectivity index (χ3n) is 2.84. The number of hydrogen-bond donors (Lipinski definition) is 1. The molecule has 0 saturated heterocycles. The van der Waals surface area contributed by atoms with Gasteiger partial charge in [0.25, 0.3) is 0 Å². The zero-order chi connectivity index (χ0) is 13.7. The molecule has 0 spiro atoms. The Balaban J connectivity index is 2.23. The molecule has 96 valence electrons. The van der Waals surface area contributed by atoms with E-state index in [-0.39, 0.29) is 5.75 Å². The minimum atomic E-state index is 0.236. The Labute approximate surface area is 117 Å². The van der Waals surface area contributed by atoms with Gasteiger partial charge >= 0.3 is 0 Å². The number of allylic oxidation sites excluding steroid dienone is 2. The van der Waals surface area contributed by atoms with E-state index >= 15 is 0 Å². The van der Waals surface area contributed by atoms with Crippen LogP contribution < -0.4 is 0 Å². The second-order valence-corrected chi connectivity index (χ2v) is 4.55. The molecule has 3 heteroatoms. The minimum Gasteiger partial charge on any atom is -0.508 e. The van der Waals surface area contributed by atoms with Gasteiger partial charge in [-0.05, 0) is 35.7 Å². The standard InChI is InChI=1S/C16H13ClO2/c17-15-9-7-12(8-10-15)14(11-18)6-5-13-3-1-2-4-16(13)19/h1-4,6-11,19H,5H2. The second-order valence-electron chi connectivity index (χ2n) is 4.12. The zero-order valence-corrected chi connectivity index (χ0v) is 11.0. The van der Waals surface area contributed by atoms with Gasteiger partial charge in [-0.25, -0.2) is 0 Å². The molecule has 0 heterocycles. The Kier molecular flexibility index (Phi) is 4.37. The fourth-order valence-corrected chi connectivity index (χ4v) is 1.91. The van der Waals surface area contributed by atoms with Crippen LogP contribution in [0.5, 0.6) is 5.75 Å². The molecule has 0 fully saturated rings. The normalized spacial score (nSPS) is 11.3. The van der Waals surface area contributed by atoms with E-state index < -0.39 is 0 Å². The Bertz CT molecular complexity index is 600. The maximum Gasteiger partial charge on any atom is 0.150 e. The Morgan fingerprint density at radius 1 is 1.11 bits per heavy atom. The highest BCUT2D eigenvalue weighted by Gasteiger charge is 2.02. The van der Waals surface area contributed by atoms with Crippen molar-refractivity contribution >= 4 is 23.5 Å². The fourth-order valence-electron chi connectivity index (χ4n) is 1.78. The molecule has 2 aromatic carbocycles. The van der Waals surface area contributed by atoms with Crippen molar-refractivity contribution in [1.82, 2.24) is 0 Å². The number of rotatable bonds is 4. The van der Waals surface area contributed by atoms with Gasteiger partial charge in [0, 0.05) is 10.6 Å². The lowest BCUT2D eigenvalue weighted by Gasteiger charge is -2.03. The number of para-hydroxylation sites is 1. The molecule has 19 heavy (non-hydrogen) atoms. The van der Waals surface area contributed by atoms with Crippen molar-refractivity contribution in [3.63, 3.8) is 0 Å². The van der Waals surface area contributed by atoms with Gasteiger partial charge in [-0.3, -0.25) is 4.79 Å². The number of carbonyl (C=O) groups excluding carboxylic acids is 1. The van der Waals surface area contributed by atoms with Crippen molar-refractivity contribution in [3.8, 4) is 5.75 Å². The third-order valence-corrected chi connectivity index (χ3v) is 3.09. The van der Waals surface area contributed by atoms with Crippen molar-refractivity contribution in [2.45, 2.75) is 6.42 Å². The molecule has 2 nitrogen and oxygen atoms in total. The number of phenolic OH excluding ortho intramolecular Hbond substituents is 1. The van der Waals surface area contributed by atoms with Crippen LogP contribution in [-0.4, -0.2) is 11.4 Å². The molecule has 0 amide bonds. The van der Waals surface area contributed by atoms with Crippen LogP contribution in [-0.2, 0) is 11.2 Å². The molecule has 2 rings (SSSR count). The van der Waals surface area contributed by atoms with E-state index in [2.05, 4.69) is 0 Å². The second kappa shape index (κ2) is 6.21. The van der Waals surface area contributed by atoms with Crippen LogP contribution in [0.2, 0.25) is 5.02 Å². The van der Waals surface area contributed by atoms with Gasteiger partial charge in [0.2, 0.25) is 0 Å². The summed E-state index contributed by atoms with van der Waals surface area (Å²) in [6, 6.07) is 14.2. The summed E-state index contributed by atoms with van der Waals surface area (Å²) in [4.78, 5) is 11.1. The number of aldehydes is 1. The predicted molar refractivity (Wildman–Crippen MR) is 77.3 cm³/mol. The van der Waals surface area contributed by atoms with Crippen LogP contribution in [0, 0.1) is 0 Å². The molecule has 0 aliphatic rings. The van der Waals surface area contributed by atoms with Crippen LogP contribution in [0.4, 0.5) is 0 Å². The SMILES string of the molecule is O=CC(=CCc1ccccc1O)c1ccc(Cl)cc1. The molecule has 0 aliphatic carbocycles. The van der Waals surface area contributed by atoms with Crippen molar-refractivity contribution in [2.75, 3.05) is 0 Å². The van der Waals surface area contributed by atoms with Gasteiger partial charge in [-0.15, -0.1) is 0 Å². The smallest absolute Gasteiger partial charge is 0.150 e. The van der Waals surface area contributed by atoms with Crippen LogP contribution in [0.3, 0.4) is 0 Å². The lowest BCUT2D eigenvalue weighted by molar-refractivity contribution is -0.103. The number of aromatic hydroxyl groups is 1. The molecule has 0 saturated carbocycles. The number of benzene rings is 2. The first-order valence-corrected chi connectivity index (χ1v) is 6.26. The third kappa shape index (κ3) is 3.46. The average molecular weight is 273 g/mol. The topological polar surface area (TPSA) is 37.3 Å². The van der Waals surface area contributed by atoms with E-state index in [1.807, 2.05) is 12.1 Å². The monoisotopic (exact) mass is 272 g/mol. The quantitative estimate of drug-likeness (QED) is 0.678. The molecule has 0 radical (unpaired) electrons. The largest absolute Gasteiger partial charge is 0.508 e. The van der Waals surface area contributed by atoms with Gasteiger partial charge in [-0.2, -0.15) is 0 Å². The van der Waals surface area contributed by atoms with Gasteiger partial charge < -0.3 is 5.11 Å². The molecule has 0 bridgehead atoms. The highest BCUT2D eigenvalue weighted by Crippen LogP contribution is 2.20. The van der Waals surface area contributed by atoms with Gasteiger partial charge in [0.15, 0.2) is 0 Å². The maximum absolute atomic E-state index is 11.1. The number of hydrogen-bond acceptors (Lipinski definition) is 2. The first-order chi connectivity index (χ1) is 9.20. The summed E-state index contributed by atoms with van der Waals surface area (Å²) >= 11 is 5.81. The maximum atomic E-state index is 11.1. The molecular weight excluding hydrogens is 260 g/mol.